The highest BCUT2D eigenvalue weighted by Gasteiger charge is 2.18. The Balaban J connectivity index is 2.86. The lowest BCUT2D eigenvalue weighted by Crippen LogP contribution is -2.20. The standard InChI is InChI=1S/C11H14ClFN2O3/c1-3-18-7(2)6-14-10-4-8(12)9(13)5-11(10)15(16)17/h4-5,7,14H,3,6H2,1-2H3. The second-order valence-electron chi connectivity index (χ2n) is 3.69. The van der Waals surface area contributed by atoms with Crippen LogP contribution in [-0.2, 0) is 4.74 Å². The van der Waals surface area contributed by atoms with E-state index >= 15 is 0 Å². The van der Waals surface area contributed by atoms with Crippen molar-refractivity contribution < 1.29 is 14.1 Å². The molecule has 0 radical (unpaired) electrons. The van der Waals surface area contributed by atoms with Crippen molar-refractivity contribution >= 4 is 23.0 Å². The summed E-state index contributed by atoms with van der Waals surface area (Å²) in [5, 5.41) is 13.4. The molecule has 1 unspecified atom stereocenters. The van der Waals surface area contributed by atoms with Crippen LogP contribution in [0.1, 0.15) is 13.8 Å². The molecule has 7 heteroatoms. The lowest BCUT2D eigenvalue weighted by Gasteiger charge is -2.13. The fourth-order valence-electron chi connectivity index (χ4n) is 1.43. The van der Waals surface area contributed by atoms with Crippen molar-refractivity contribution in [2.24, 2.45) is 0 Å². The Kier molecular flexibility index (Phi) is 5.30. The first kappa shape index (κ1) is 14.7. The van der Waals surface area contributed by atoms with Gasteiger partial charge in [0.05, 0.1) is 22.1 Å². The van der Waals surface area contributed by atoms with E-state index in [9.17, 15) is 14.5 Å². The molecule has 0 aromatic heterocycles. The van der Waals surface area contributed by atoms with E-state index in [1.165, 1.54) is 6.07 Å². The third-order valence-corrected chi connectivity index (χ3v) is 2.56. The number of hydrogen-bond acceptors (Lipinski definition) is 4. The first-order valence-electron chi connectivity index (χ1n) is 5.44. The number of halogens is 2. The molecule has 0 aliphatic rings. The summed E-state index contributed by atoms with van der Waals surface area (Å²) < 4.78 is 18.4. The summed E-state index contributed by atoms with van der Waals surface area (Å²) >= 11 is 5.60. The first-order chi connectivity index (χ1) is 8.45. The molecule has 1 aromatic rings. The predicted octanol–water partition coefficient (Wildman–Crippen LogP) is 3.22. The Morgan fingerprint density at radius 1 is 1.61 bits per heavy atom. The van der Waals surface area contributed by atoms with Gasteiger partial charge in [-0.1, -0.05) is 11.6 Å². The molecule has 0 spiro atoms. The topological polar surface area (TPSA) is 64.4 Å². The van der Waals surface area contributed by atoms with Gasteiger partial charge in [-0.05, 0) is 19.9 Å². The fraction of sp³-hybridized carbons (Fsp3) is 0.455. The molecular weight excluding hydrogens is 263 g/mol. The molecule has 0 aliphatic carbocycles. The van der Waals surface area contributed by atoms with Crippen molar-refractivity contribution in [3.8, 4) is 0 Å². The van der Waals surface area contributed by atoms with E-state index in [0.717, 1.165) is 6.07 Å². The number of rotatable bonds is 6. The van der Waals surface area contributed by atoms with Crippen molar-refractivity contribution in [2.75, 3.05) is 18.5 Å². The highest BCUT2D eigenvalue weighted by Crippen LogP contribution is 2.30. The number of nitro benzene ring substituents is 1. The SMILES string of the molecule is CCOC(C)CNc1cc(Cl)c(F)cc1[N+](=O)[O-]. The van der Waals surface area contributed by atoms with Gasteiger partial charge in [0.15, 0.2) is 0 Å². The third-order valence-electron chi connectivity index (χ3n) is 2.27. The average molecular weight is 277 g/mol. The molecular formula is C11H14ClFN2O3. The second-order valence-corrected chi connectivity index (χ2v) is 4.09. The summed E-state index contributed by atoms with van der Waals surface area (Å²) in [6.45, 7) is 4.60. The smallest absolute Gasteiger partial charge is 0.295 e. The Labute approximate surface area is 109 Å². The summed E-state index contributed by atoms with van der Waals surface area (Å²) in [4.78, 5) is 10.1. The quantitative estimate of drug-likeness (QED) is 0.640. The predicted molar refractivity (Wildman–Crippen MR) is 67.6 cm³/mol. The number of nitrogens with one attached hydrogen (secondary N) is 1. The first-order valence-corrected chi connectivity index (χ1v) is 5.82. The molecule has 100 valence electrons. The minimum atomic E-state index is -0.813. The van der Waals surface area contributed by atoms with E-state index < -0.39 is 10.7 Å². The molecule has 5 nitrogen and oxygen atoms in total. The highest BCUT2D eigenvalue weighted by atomic mass is 35.5. The van der Waals surface area contributed by atoms with Gasteiger partial charge in [0.25, 0.3) is 5.69 Å². The molecule has 0 bridgehead atoms. The van der Waals surface area contributed by atoms with Crippen LogP contribution in [0.5, 0.6) is 0 Å². The molecule has 0 saturated carbocycles. The number of hydrogen-bond donors (Lipinski definition) is 1. The molecule has 18 heavy (non-hydrogen) atoms. The van der Waals surface area contributed by atoms with Crippen LogP contribution in [0.25, 0.3) is 0 Å². The van der Waals surface area contributed by atoms with Gasteiger partial charge < -0.3 is 10.1 Å². The van der Waals surface area contributed by atoms with Crippen molar-refractivity contribution in [2.45, 2.75) is 20.0 Å². The van der Waals surface area contributed by atoms with Gasteiger partial charge in [-0.2, -0.15) is 0 Å². The summed E-state index contributed by atoms with van der Waals surface area (Å²) in [6, 6.07) is 2.00. The van der Waals surface area contributed by atoms with Gasteiger partial charge in [-0.3, -0.25) is 10.1 Å². The molecule has 0 saturated heterocycles. The van der Waals surface area contributed by atoms with Gasteiger partial charge in [0, 0.05) is 13.2 Å². The Morgan fingerprint density at radius 2 is 2.28 bits per heavy atom. The lowest BCUT2D eigenvalue weighted by molar-refractivity contribution is -0.384. The largest absolute Gasteiger partial charge is 0.377 e. The van der Waals surface area contributed by atoms with Gasteiger partial charge in [-0.25, -0.2) is 4.39 Å². The Morgan fingerprint density at radius 3 is 2.83 bits per heavy atom. The Bertz CT molecular complexity index is 443. The van der Waals surface area contributed by atoms with Crippen LogP contribution in [0.2, 0.25) is 5.02 Å². The minimum absolute atomic E-state index is 0.113. The van der Waals surface area contributed by atoms with E-state index in [2.05, 4.69) is 5.32 Å². The zero-order valence-corrected chi connectivity index (χ0v) is 10.8. The molecule has 1 rings (SSSR count). The maximum Gasteiger partial charge on any atom is 0.295 e. The number of nitro groups is 1. The van der Waals surface area contributed by atoms with E-state index in [1.807, 2.05) is 13.8 Å². The van der Waals surface area contributed by atoms with Crippen LogP contribution in [0, 0.1) is 15.9 Å². The van der Waals surface area contributed by atoms with E-state index in [-0.39, 0.29) is 22.5 Å². The fourth-order valence-corrected chi connectivity index (χ4v) is 1.59. The number of ether oxygens (including phenoxy) is 1. The summed E-state index contributed by atoms with van der Waals surface area (Å²) in [7, 11) is 0. The number of anilines is 1. The van der Waals surface area contributed by atoms with Crippen LogP contribution >= 0.6 is 11.6 Å². The molecule has 1 N–H and O–H groups in total. The zero-order chi connectivity index (χ0) is 13.7. The molecule has 1 atom stereocenters. The molecule has 0 aliphatic heterocycles. The normalized spacial score (nSPS) is 12.2. The highest BCUT2D eigenvalue weighted by molar-refractivity contribution is 6.31. The molecule has 0 heterocycles. The maximum absolute atomic E-state index is 13.2. The van der Waals surface area contributed by atoms with Crippen LogP contribution in [-0.4, -0.2) is 24.2 Å². The number of nitrogens with zero attached hydrogens (tertiary/aromatic N) is 1. The number of benzene rings is 1. The van der Waals surface area contributed by atoms with E-state index in [4.69, 9.17) is 16.3 Å². The third kappa shape index (κ3) is 3.82. The molecule has 0 amide bonds. The summed E-state index contributed by atoms with van der Waals surface area (Å²) in [5.41, 5.74) is -0.168. The zero-order valence-electron chi connectivity index (χ0n) is 10.1. The van der Waals surface area contributed by atoms with Gasteiger partial charge in [0.2, 0.25) is 0 Å². The maximum atomic E-state index is 13.2. The van der Waals surface area contributed by atoms with E-state index in [0.29, 0.717) is 13.2 Å². The molecule has 0 fully saturated rings. The summed E-state index contributed by atoms with van der Waals surface area (Å²) in [6.07, 6.45) is -0.113. The van der Waals surface area contributed by atoms with Crippen molar-refractivity contribution in [3.05, 3.63) is 33.1 Å². The van der Waals surface area contributed by atoms with Gasteiger partial charge in [-0.15, -0.1) is 0 Å². The van der Waals surface area contributed by atoms with Crippen molar-refractivity contribution in [1.29, 1.82) is 0 Å². The van der Waals surface area contributed by atoms with Crippen molar-refractivity contribution in [1.82, 2.24) is 0 Å². The second kappa shape index (κ2) is 6.51. The average Bonchev–Trinajstić information content (AvgIpc) is 2.30. The minimum Gasteiger partial charge on any atom is -0.377 e. The summed E-state index contributed by atoms with van der Waals surface area (Å²) in [5.74, 6) is -0.813. The monoisotopic (exact) mass is 276 g/mol. The van der Waals surface area contributed by atoms with E-state index in [1.54, 1.807) is 0 Å². The van der Waals surface area contributed by atoms with Gasteiger partial charge >= 0.3 is 0 Å². The van der Waals surface area contributed by atoms with Crippen LogP contribution in [0.4, 0.5) is 15.8 Å². The lowest BCUT2D eigenvalue weighted by atomic mass is 10.2. The van der Waals surface area contributed by atoms with Crippen LogP contribution in [0.15, 0.2) is 12.1 Å². The van der Waals surface area contributed by atoms with Crippen molar-refractivity contribution in [3.63, 3.8) is 0 Å². The van der Waals surface area contributed by atoms with Crippen LogP contribution < -0.4 is 5.32 Å². The molecule has 1 aromatic carbocycles. The van der Waals surface area contributed by atoms with Gasteiger partial charge in [0.1, 0.15) is 11.5 Å². The van der Waals surface area contributed by atoms with Crippen LogP contribution in [0.3, 0.4) is 0 Å². The Hall–Kier alpha value is -1.40.